The van der Waals surface area contributed by atoms with Crippen LogP contribution in [-0.4, -0.2) is 66.1 Å². The lowest BCUT2D eigenvalue weighted by Crippen LogP contribution is -2.51. The Morgan fingerprint density at radius 3 is 2.83 bits per heavy atom. The lowest BCUT2D eigenvalue weighted by molar-refractivity contribution is 0.0166. The zero-order chi connectivity index (χ0) is 16.1. The normalized spacial score (nSPS) is 22.6. The number of amides is 1. The molecule has 6 nitrogen and oxygen atoms in total. The molecule has 2 aliphatic rings. The van der Waals surface area contributed by atoms with E-state index in [4.69, 9.17) is 10.00 Å². The molecule has 0 spiro atoms. The Bertz CT molecular complexity index is 575. The Balaban J connectivity index is 1.69. The van der Waals surface area contributed by atoms with Crippen LogP contribution in [0.25, 0.3) is 0 Å². The third-order valence-corrected chi connectivity index (χ3v) is 4.59. The third kappa shape index (κ3) is 3.87. The van der Waals surface area contributed by atoms with Crippen molar-refractivity contribution in [2.75, 3.05) is 39.4 Å². The average Bonchev–Trinajstić information content (AvgIpc) is 2.62. The lowest BCUT2D eigenvalue weighted by Gasteiger charge is -2.39. The quantitative estimate of drug-likeness (QED) is 0.840. The molecule has 2 saturated heterocycles. The molecule has 122 valence electrons. The van der Waals surface area contributed by atoms with Gasteiger partial charge in [0.2, 0.25) is 0 Å². The molecule has 0 unspecified atom stereocenters. The van der Waals surface area contributed by atoms with E-state index in [0.29, 0.717) is 11.3 Å². The van der Waals surface area contributed by atoms with E-state index >= 15 is 0 Å². The average molecular weight is 314 g/mol. The Labute approximate surface area is 136 Å². The number of aromatic nitrogens is 1. The fourth-order valence-electron chi connectivity index (χ4n) is 3.29. The van der Waals surface area contributed by atoms with Crippen molar-refractivity contribution in [3.8, 4) is 6.07 Å². The molecule has 6 heteroatoms. The largest absolute Gasteiger partial charge is 0.379 e. The van der Waals surface area contributed by atoms with Gasteiger partial charge in [-0.05, 0) is 31.4 Å². The fourth-order valence-corrected chi connectivity index (χ4v) is 3.29. The van der Waals surface area contributed by atoms with Crippen LogP contribution in [0.3, 0.4) is 0 Å². The minimum Gasteiger partial charge on any atom is -0.379 e. The summed E-state index contributed by atoms with van der Waals surface area (Å²) in [7, 11) is 0. The van der Waals surface area contributed by atoms with Crippen LogP contribution in [0.15, 0.2) is 18.3 Å². The van der Waals surface area contributed by atoms with Crippen LogP contribution in [-0.2, 0) is 4.74 Å². The summed E-state index contributed by atoms with van der Waals surface area (Å²) in [6.07, 6.45) is 4.79. The maximum atomic E-state index is 12.8. The Kier molecular flexibility index (Phi) is 5.21. The molecule has 1 amide bonds. The standard InChI is InChI=1S/C17H22N4O2/c18-11-15-5-4-14(12-19-15)17(22)21-6-2-1-3-16(21)13-20-7-9-23-10-8-20/h4-5,12,16H,1-3,6-10,13H2/t16-/m1/s1. The summed E-state index contributed by atoms with van der Waals surface area (Å²) >= 11 is 0. The van der Waals surface area contributed by atoms with Crippen molar-refractivity contribution in [2.45, 2.75) is 25.3 Å². The second-order valence-corrected chi connectivity index (χ2v) is 6.11. The number of pyridine rings is 1. The van der Waals surface area contributed by atoms with Crippen molar-refractivity contribution < 1.29 is 9.53 Å². The van der Waals surface area contributed by atoms with Gasteiger partial charge in [-0.3, -0.25) is 9.69 Å². The molecule has 0 aromatic carbocycles. The molecular formula is C17H22N4O2. The Hall–Kier alpha value is -1.97. The first kappa shape index (κ1) is 15.9. The summed E-state index contributed by atoms with van der Waals surface area (Å²) in [4.78, 5) is 21.2. The minimum atomic E-state index is 0.0277. The highest BCUT2D eigenvalue weighted by Gasteiger charge is 2.29. The van der Waals surface area contributed by atoms with Gasteiger partial charge in [0.15, 0.2) is 0 Å². The van der Waals surface area contributed by atoms with E-state index in [1.165, 1.54) is 12.6 Å². The van der Waals surface area contributed by atoms with Crippen molar-refractivity contribution in [1.82, 2.24) is 14.8 Å². The van der Waals surface area contributed by atoms with Crippen molar-refractivity contribution in [1.29, 1.82) is 5.26 Å². The first-order chi connectivity index (χ1) is 11.3. The highest BCUT2D eigenvalue weighted by Crippen LogP contribution is 2.21. The molecule has 2 fully saturated rings. The van der Waals surface area contributed by atoms with E-state index < -0.39 is 0 Å². The van der Waals surface area contributed by atoms with E-state index in [2.05, 4.69) is 9.88 Å². The molecule has 2 aliphatic heterocycles. The van der Waals surface area contributed by atoms with Gasteiger partial charge >= 0.3 is 0 Å². The summed E-state index contributed by atoms with van der Waals surface area (Å²) in [5.41, 5.74) is 0.905. The highest BCUT2D eigenvalue weighted by atomic mass is 16.5. The zero-order valence-electron chi connectivity index (χ0n) is 13.3. The number of morpholine rings is 1. The van der Waals surface area contributed by atoms with E-state index in [1.54, 1.807) is 12.1 Å². The van der Waals surface area contributed by atoms with Gasteiger partial charge in [-0.2, -0.15) is 5.26 Å². The van der Waals surface area contributed by atoms with Gasteiger partial charge in [-0.1, -0.05) is 0 Å². The van der Waals surface area contributed by atoms with Gasteiger partial charge in [-0.25, -0.2) is 4.98 Å². The number of rotatable bonds is 3. The van der Waals surface area contributed by atoms with E-state index in [1.807, 2.05) is 11.0 Å². The number of likely N-dealkylation sites (tertiary alicyclic amines) is 1. The van der Waals surface area contributed by atoms with Crippen LogP contribution in [0.5, 0.6) is 0 Å². The molecule has 1 aromatic heterocycles. The number of carbonyl (C=O) groups is 1. The first-order valence-electron chi connectivity index (χ1n) is 8.25. The summed E-state index contributed by atoms with van der Waals surface area (Å²) in [5.74, 6) is 0.0277. The van der Waals surface area contributed by atoms with E-state index in [9.17, 15) is 4.79 Å². The van der Waals surface area contributed by atoms with Crippen LogP contribution in [0.4, 0.5) is 0 Å². The Morgan fingerprint density at radius 2 is 2.13 bits per heavy atom. The monoisotopic (exact) mass is 314 g/mol. The van der Waals surface area contributed by atoms with Crippen LogP contribution < -0.4 is 0 Å². The minimum absolute atomic E-state index is 0.0277. The molecule has 23 heavy (non-hydrogen) atoms. The molecule has 0 N–H and O–H groups in total. The Morgan fingerprint density at radius 1 is 1.30 bits per heavy atom. The van der Waals surface area contributed by atoms with Crippen LogP contribution in [0, 0.1) is 11.3 Å². The second kappa shape index (κ2) is 7.53. The van der Waals surface area contributed by atoms with E-state index in [-0.39, 0.29) is 11.9 Å². The van der Waals surface area contributed by atoms with Gasteiger partial charge in [0.05, 0.1) is 18.8 Å². The third-order valence-electron chi connectivity index (χ3n) is 4.59. The van der Waals surface area contributed by atoms with Gasteiger partial charge < -0.3 is 9.64 Å². The van der Waals surface area contributed by atoms with E-state index in [0.717, 1.165) is 52.2 Å². The number of nitriles is 1. The first-order valence-corrected chi connectivity index (χ1v) is 8.25. The summed E-state index contributed by atoms with van der Waals surface area (Å²) in [5, 5.41) is 8.82. The molecule has 0 radical (unpaired) electrons. The number of nitrogens with zero attached hydrogens (tertiary/aromatic N) is 4. The van der Waals surface area contributed by atoms with Gasteiger partial charge in [0.1, 0.15) is 11.8 Å². The molecule has 0 saturated carbocycles. The molecule has 3 rings (SSSR count). The van der Waals surface area contributed by atoms with Crippen LogP contribution in [0.2, 0.25) is 0 Å². The maximum Gasteiger partial charge on any atom is 0.255 e. The second-order valence-electron chi connectivity index (χ2n) is 6.11. The topological polar surface area (TPSA) is 69.5 Å². The van der Waals surface area contributed by atoms with Crippen LogP contribution in [0.1, 0.15) is 35.3 Å². The number of hydrogen-bond donors (Lipinski definition) is 0. The summed E-state index contributed by atoms with van der Waals surface area (Å²) in [6.45, 7) is 5.15. The summed E-state index contributed by atoms with van der Waals surface area (Å²) in [6, 6.07) is 5.54. The molecule has 3 heterocycles. The number of hydrogen-bond acceptors (Lipinski definition) is 5. The molecule has 1 atom stereocenters. The molecular weight excluding hydrogens is 292 g/mol. The predicted molar refractivity (Wildman–Crippen MR) is 84.9 cm³/mol. The number of piperidine rings is 1. The van der Waals surface area contributed by atoms with Crippen molar-refractivity contribution in [3.63, 3.8) is 0 Å². The fraction of sp³-hybridized carbons (Fsp3) is 0.588. The van der Waals surface area contributed by atoms with Gasteiger partial charge in [0.25, 0.3) is 5.91 Å². The SMILES string of the molecule is N#Cc1ccc(C(=O)N2CCCC[C@@H]2CN2CCOCC2)cn1. The molecule has 0 bridgehead atoms. The summed E-state index contributed by atoms with van der Waals surface area (Å²) < 4.78 is 5.40. The van der Waals surface area contributed by atoms with Crippen molar-refractivity contribution in [3.05, 3.63) is 29.6 Å². The molecule has 1 aromatic rings. The number of carbonyl (C=O) groups excluding carboxylic acids is 1. The molecule has 0 aliphatic carbocycles. The van der Waals surface area contributed by atoms with Gasteiger partial charge in [0, 0.05) is 38.4 Å². The van der Waals surface area contributed by atoms with Gasteiger partial charge in [-0.15, -0.1) is 0 Å². The van der Waals surface area contributed by atoms with Crippen molar-refractivity contribution >= 4 is 5.91 Å². The van der Waals surface area contributed by atoms with Crippen molar-refractivity contribution in [2.24, 2.45) is 0 Å². The number of ether oxygens (including phenoxy) is 1. The lowest BCUT2D eigenvalue weighted by atomic mass is 10.00. The van der Waals surface area contributed by atoms with Crippen LogP contribution >= 0.6 is 0 Å². The maximum absolute atomic E-state index is 12.8. The zero-order valence-corrected chi connectivity index (χ0v) is 13.3. The smallest absolute Gasteiger partial charge is 0.255 e. The predicted octanol–water partition coefficient (Wildman–Crippen LogP) is 1.28. The highest BCUT2D eigenvalue weighted by molar-refractivity contribution is 5.94.